The van der Waals surface area contributed by atoms with Gasteiger partial charge in [0, 0.05) is 24.0 Å². The highest BCUT2D eigenvalue weighted by Crippen LogP contribution is 2.25. The predicted molar refractivity (Wildman–Crippen MR) is 65.8 cm³/mol. The highest BCUT2D eigenvalue weighted by atomic mass is 15.2. The van der Waals surface area contributed by atoms with Gasteiger partial charge in [-0.1, -0.05) is 25.3 Å². The molecule has 0 radical (unpaired) electrons. The van der Waals surface area contributed by atoms with E-state index in [1.54, 1.807) is 6.20 Å². The molecule has 2 rings (SSSR count). The molecular formula is C13H21N3. The fraction of sp³-hybridized carbons (Fsp3) is 0.615. The van der Waals surface area contributed by atoms with Crippen LogP contribution < -0.4 is 5.73 Å². The number of hydrogen-bond acceptors (Lipinski definition) is 3. The summed E-state index contributed by atoms with van der Waals surface area (Å²) in [6.45, 7) is 0. The van der Waals surface area contributed by atoms with Crippen molar-refractivity contribution in [3.8, 4) is 0 Å². The van der Waals surface area contributed by atoms with E-state index in [-0.39, 0.29) is 6.17 Å². The zero-order valence-electron chi connectivity index (χ0n) is 9.97. The molecule has 1 saturated carbocycles. The number of nitrogens with zero attached hydrogens (tertiary/aromatic N) is 2. The second-order valence-corrected chi connectivity index (χ2v) is 4.69. The molecule has 1 fully saturated rings. The van der Waals surface area contributed by atoms with E-state index >= 15 is 0 Å². The Balaban J connectivity index is 2.00. The van der Waals surface area contributed by atoms with Gasteiger partial charge in [0.2, 0.25) is 0 Å². The first-order chi connectivity index (χ1) is 7.79. The molecule has 16 heavy (non-hydrogen) atoms. The summed E-state index contributed by atoms with van der Waals surface area (Å²) in [5, 5.41) is 0. The predicted octanol–water partition coefficient (Wildman–Crippen LogP) is 2.30. The summed E-state index contributed by atoms with van der Waals surface area (Å²) in [4.78, 5) is 6.43. The van der Waals surface area contributed by atoms with Crippen LogP contribution in [0.1, 0.15) is 43.8 Å². The van der Waals surface area contributed by atoms with E-state index in [4.69, 9.17) is 5.73 Å². The third-order valence-corrected chi connectivity index (χ3v) is 3.62. The van der Waals surface area contributed by atoms with Crippen LogP contribution in [-0.4, -0.2) is 23.0 Å². The zero-order valence-corrected chi connectivity index (χ0v) is 9.97. The van der Waals surface area contributed by atoms with Crippen molar-refractivity contribution >= 4 is 0 Å². The van der Waals surface area contributed by atoms with Crippen molar-refractivity contribution in [2.75, 3.05) is 7.05 Å². The molecule has 3 heteroatoms. The third-order valence-electron chi connectivity index (χ3n) is 3.62. The average molecular weight is 219 g/mol. The van der Waals surface area contributed by atoms with Crippen LogP contribution in [-0.2, 0) is 0 Å². The molecule has 0 saturated heterocycles. The van der Waals surface area contributed by atoms with Crippen molar-refractivity contribution < 1.29 is 0 Å². The number of nitrogens with two attached hydrogens (primary N) is 1. The average Bonchev–Trinajstić information content (AvgIpc) is 2.39. The molecule has 88 valence electrons. The zero-order chi connectivity index (χ0) is 11.4. The summed E-state index contributed by atoms with van der Waals surface area (Å²) >= 11 is 0. The Labute approximate surface area is 97.7 Å². The molecule has 3 nitrogen and oxygen atoms in total. The number of pyridine rings is 1. The lowest BCUT2D eigenvalue weighted by atomic mass is 9.94. The Hall–Kier alpha value is -0.930. The van der Waals surface area contributed by atoms with Crippen LogP contribution >= 0.6 is 0 Å². The van der Waals surface area contributed by atoms with Crippen molar-refractivity contribution in [1.29, 1.82) is 0 Å². The van der Waals surface area contributed by atoms with Gasteiger partial charge in [-0.3, -0.25) is 9.88 Å². The van der Waals surface area contributed by atoms with Crippen LogP contribution in [0.5, 0.6) is 0 Å². The number of aromatic nitrogens is 1. The van der Waals surface area contributed by atoms with Gasteiger partial charge in [0.25, 0.3) is 0 Å². The van der Waals surface area contributed by atoms with Crippen LogP contribution in [0, 0.1) is 0 Å². The van der Waals surface area contributed by atoms with Crippen molar-refractivity contribution in [3.63, 3.8) is 0 Å². The van der Waals surface area contributed by atoms with E-state index in [1.807, 2.05) is 12.3 Å². The maximum Gasteiger partial charge on any atom is 0.0850 e. The van der Waals surface area contributed by atoms with Gasteiger partial charge in [0.05, 0.1) is 6.17 Å². The summed E-state index contributed by atoms with van der Waals surface area (Å²) in [5.41, 5.74) is 7.36. The molecule has 1 aromatic rings. The van der Waals surface area contributed by atoms with E-state index < -0.39 is 0 Å². The second-order valence-electron chi connectivity index (χ2n) is 4.69. The fourth-order valence-electron chi connectivity index (χ4n) is 2.50. The van der Waals surface area contributed by atoms with E-state index in [0.29, 0.717) is 6.04 Å². The monoisotopic (exact) mass is 219 g/mol. The van der Waals surface area contributed by atoms with Gasteiger partial charge in [0.15, 0.2) is 0 Å². The fourth-order valence-corrected chi connectivity index (χ4v) is 2.50. The molecule has 1 unspecified atom stereocenters. The van der Waals surface area contributed by atoms with E-state index in [2.05, 4.69) is 23.0 Å². The van der Waals surface area contributed by atoms with Crippen molar-refractivity contribution in [1.82, 2.24) is 9.88 Å². The molecule has 0 amide bonds. The van der Waals surface area contributed by atoms with Gasteiger partial charge < -0.3 is 5.73 Å². The van der Waals surface area contributed by atoms with Gasteiger partial charge in [-0.2, -0.15) is 0 Å². The topological polar surface area (TPSA) is 42.1 Å². The molecule has 1 heterocycles. The molecule has 0 bridgehead atoms. The maximum absolute atomic E-state index is 6.26. The van der Waals surface area contributed by atoms with Gasteiger partial charge in [-0.25, -0.2) is 0 Å². The molecule has 0 spiro atoms. The first-order valence-corrected chi connectivity index (χ1v) is 6.16. The Morgan fingerprint density at radius 3 is 2.75 bits per heavy atom. The van der Waals surface area contributed by atoms with Crippen molar-refractivity contribution in [3.05, 3.63) is 30.1 Å². The first kappa shape index (κ1) is 11.6. The van der Waals surface area contributed by atoms with Crippen LogP contribution in [0.3, 0.4) is 0 Å². The lowest BCUT2D eigenvalue weighted by molar-refractivity contribution is 0.140. The molecule has 0 aliphatic heterocycles. The summed E-state index contributed by atoms with van der Waals surface area (Å²) in [5.74, 6) is 0. The highest BCUT2D eigenvalue weighted by molar-refractivity contribution is 5.12. The van der Waals surface area contributed by atoms with Crippen LogP contribution in [0.4, 0.5) is 0 Å². The van der Waals surface area contributed by atoms with Gasteiger partial charge in [-0.05, 0) is 26.0 Å². The molecule has 0 aromatic carbocycles. The largest absolute Gasteiger partial charge is 0.312 e. The van der Waals surface area contributed by atoms with E-state index in [9.17, 15) is 0 Å². The normalized spacial score (nSPS) is 19.9. The SMILES string of the molecule is CN(C1CCCCC1)C(N)c1cccnc1. The van der Waals surface area contributed by atoms with Crippen molar-refractivity contribution in [2.45, 2.75) is 44.3 Å². The molecular weight excluding hydrogens is 198 g/mol. The number of rotatable bonds is 3. The van der Waals surface area contributed by atoms with Gasteiger partial charge in [-0.15, -0.1) is 0 Å². The smallest absolute Gasteiger partial charge is 0.0850 e. The van der Waals surface area contributed by atoms with Crippen LogP contribution in [0.2, 0.25) is 0 Å². The summed E-state index contributed by atoms with van der Waals surface area (Å²) in [6, 6.07) is 4.64. The lowest BCUT2D eigenvalue weighted by Gasteiger charge is -2.35. The summed E-state index contributed by atoms with van der Waals surface area (Å²) in [6.07, 6.45) is 10.3. The third kappa shape index (κ3) is 2.60. The quantitative estimate of drug-likeness (QED) is 0.793. The minimum Gasteiger partial charge on any atom is -0.312 e. The standard InChI is InChI=1S/C13H21N3/c1-16(12-7-3-2-4-8-12)13(14)11-6-5-9-15-10-11/h5-6,9-10,12-13H,2-4,7-8,14H2,1H3. The van der Waals surface area contributed by atoms with Crippen LogP contribution in [0.25, 0.3) is 0 Å². The van der Waals surface area contributed by atoms with Gasteiger partial charge in [0.1, 0.15) is 0 Å². The van der Waals surface area contributed by atoms with Crippen molar-refractivity contribution in [2.24, 2.45) is 5.73 Å². The molecule has 1 aliphatic rings. The minimum atomic E-state index is -0.0169. The molecule has 1 atom stereocenters. The number of hydrogen-bond donors (Lipinski definition) is 1. The van der Waals surface area contributed by atoms with Gasteiger partial charge >= 0.3 is 0 Å². The van der Waals surface area contributed by atoms with Crippen LogP contribution in [0.15, 0.2) is 24.5 Å². The Morgan fingerprint density at radius 1 is 1.38 bits per heavy atom. The molecule has 1 aromatic heterocycles. The molecule has 2 N–H and O–H groups in total. The lowest BCUT2D eigenvalue weighted by Crippen LogP contribution is -2.40. The highest BCUT2D eigenvalue weighted by Gasteiger charge is 2.22. The summed E-state index contributed by atoms with van der Waals surface area (Å²) in [7, 11) is 2.13. The first-order valence-electron chi connectivity index (χ1n) is 6.16. The Bertz CT molecular complexity index is 306. The maximum atomic E-state index is 6.26. The summed E-state index contributed by atoms with van der Waals surface area (Å²) < 4.78 is 0. The van der Waals surface area contributed by atoms with E-state index in [1.165, 1.54) is 32.1 Å². The minimum absolute atomic E-state index is 0.0169. The second kappa shape index (κ2) is 5.41. The Kier molecular flexibility index (Phi) is 3.91. The van der Waals surface area contributed by atoms with E-state index in [0.717, 1.165) is 5.56 Å². The molecule has 1 aliphatic carbocycles. The Morgan fingerprint density at radius 2 is 2.12 bits per heavy atom.